The summed E-state index contributed by atoms with van der Waals surface area (Å²) in [5.74, 6) is 0. The Kier molecular flexibility index (Phi) is 11.8. The third kappa shape index (κ3) is 8.59. The molecule has 0 spiro atoms. The molecule has 0 saturated heterocycles. The highest BCUT2D eigenvalue weighted by atomic mass is 32.1. The lowest BCUT2D eigenvalue weighted by Gasteiger charge is -2.31. The van der Waals surface area contributed by atoms with Crippen molar-refractivity contribution < 1.29 is 0 Å². The van der Waals surface area contributed by atoms with Crippen molar-refractivity contribution in [2.75, 3.05) is 9.80 Å². The lowest BCUT2D eigenvalue weighted by Crippen LogP contribution is -2.14. The van der Waals surface area contributed by atoms with Gasteiger partial charge in [-0.3, -0.25) is 0 Å². The van der Waals surface area contributed by atoms with Gasteiger partial charge < -0.3 is 9.80 Å². The van der Waals surface area contributed by atoms with Crippen LogP contribution in [0.1, 0.15) is 0 Å². The van der Waals surface area contributed by atoms with E-state index in [1.807, 2.05) is 11.3 Å². The first-order chi connectivity index (χ1) is 38.2. The van der Waals surface area contributed by atoms with E-state index in [1.54, 1.807) is 0 Å². The number of nitrogens with zero attached hydrogens (tertiary/aromatic N) is 2. The lowest BCUT2D eigenvalue weighted by molar-refractivity contribution is 1.27. The number of thiophene rings is 1. The first-order valence-electron chi connectivity index (χ1n) is 26.3. The average Bonchev–Trinajstić information content (AvgIpc) is 3.93. The fourth-order valence-electron chi connectivity index (χ4n) is 11.3. The van der Waals surface area contributed by atoms with Gasteiger partial charge >= 0.3 is 0 Å². The molecule has 0 unspecified atom stereocenters. The Morgan fingerprint density at radius 1 is 0.208 bits per heavy atom. The van der Waals surface area contributed by atoms with Crippen LogP contribution in [0.4, 0.5) is 34.1 Å². The maximum atomic E-state index is 2.44. The van der Waals surface area contributed by atoms with Gasteiger partial charge in [0.2, 0.25) is 0 Å². The van der Waals surface area contributed by atoms with Crippen LogP contribution in [0.3, 0.4) is 0 Å². The van der Waals surface area contributed by atoms with Crippen LogP contribution in [-0.4, -0.2) is 0 Å². The maximum absolute atomic E-state index is 2.44. The minimum atomic E-state index is 1.07. The predicted molar refractivity (Wildman–Crippen MR) is 331 cm³/mol. The van der Waals surface area contributed by atoms with Crippen molar-refractivity contribution in [1.82, 2.24) is 0 Å². The van der Waals surface area contributed by atoms with E-state index in [2.05, 4.69) is 313 Å². The summed E-state index contributed by atoms with van der Waals surface area (Å²) in [5.41, 5.74) is 18.1. The summed E-state index contributed by atoms with van der Waals surface area (Å²) in [7, 11) is 0. The normalized spacial score (nSPS) is 11.4. The molecule has 3 heteroatoms. The van der Waals surface area contributed by atoms with Gasteiger partial charge in [0.25, 0.3) is 0 Å². The van der Waals surface area contributed by atoms with Crippen molar-refractivity contribution in [3.05, 3.63) is 303 Å². The summed E-state index contributed by atoms with van der Waals surface area (Å²) in [4.78, 5) is 4.88. The second-order valence-corrected chi connectivity index (χ2v) is 20.7. The van der Waals surface area contributed by atoms with E-state index >= 15 is 0 Å². The quantitative estimate of drug-likeness (QED) is 0.127. The smallest absolute Gasteiger partial charge is 0.0540 e. The third-order valence-corrected chi connectivity index (χ3v) is 16.3. The summed E-state index contributed by atoms with van der Waals surface area (Å²) in [6.07, 6.45) is 0. The van der Waals surface area contributed by atoms with E-state index in [0.717, 1.165) is 56.4 Å². The average molecular weight is 999 g/mol. The molecule has 1 heterocycles. The Hall–Kier alpha value is -9.80. The Balaban J connectivity index is 0.929. The van der Waals surface area contributed by atoms with Gasteiger partial charge in [0.1, 0.15) is 0 Å². The molecule has 13 aromatic carbocycles. The Morgan fingerprint density at radius 3 is 1.26 bits per heavy atom. The number of hydrogen-bond donors (Lipinski definition) is 0. The fraction of sp³-hybridized carbons (Fsp3) is 0. The number of anilines is 6. The van der Waals surface area contributed by atoms with Gasteiger partial charge in [-0.05, 0) is 133 Å². The molecule has 0 radical (unpaired) electrons. The van der Waals surface area contributed by atoms with Crippen LogP contribution in [0.5, 0.6) is 0 Å². The van der Waals surface area contributed by atoms with E-state index in [-0.39, 0.29) is 0 Å². The topological polar surface area (TPSA) is 6.48 Å². The SMILES string of the molecule is c1ccc(-c2cccc(N(c3ccc(-c4cccc5c4sc4c6ccccc6ccc54)cc3)c3ccccc3-c3ccccc3N(c3cccc(-c4ccccc4)c3)c3ccc4cc(-c5ccccc5)ccc4c3)c2)cc1. The van der Waals surface area contributed by atoms with Crippen molar-refractivity contribution in [3.8, 4) is 55.6 Å². The molecule has 0 bridgehead atoms. The summed E-state index contributed by atoms with van der Waals surface area (Å²) < 4.78 is 2.65. The number of benzene rings is 13. The molecule has 0 saturated carbocycles. The molecule has 0 fully saturated rings. The van der Waals surface area contributed by atoms with Crippen molar-refractivity contribution in [3.63, 3.8) is 0 Å². The van der Waals surface area contributed by atoms with Crippen molar-refractivity contribution in [2.24, 2.45) is 0 Å². The predicted octanol–water partition coefficient (Wildman–Crippen LogP) is 21.6. The van der Waals surface area contributed by atoms with Crippen molar-refractivity contribution in [2.45, 2.75) is 0 Å². The van der Waals surface area contributed by atoms with E-state index in [4.69, 9.17) is 0 Å². The van der Waals surface area contributed by atoms with E-state index in [9.17, 15) is 0 Å². The summed E-state index contributed by atoms with van der Waals surface area (Å²) in [5, 5.41) is 7.55. The molecule has 362 valence electrons. The van der Waals surface area contributed by atoms with Crippen LogP contribution in [0.2, 0.25) is 0 Å². The molecule has 0 aliphatic rings. The van der Waals surface area contributed by atoms with Crippen LogP contribution in [-0.2, 0) is 0 Å². The molecule has 0 amide bonds. The first kappa shape index (κ1) is 45.8. The molecular weight excluding hydrogens is 949 g/mol. The van der Waals surface area contributed by atoms with Crippen LogP contribution in [0.15, 0.2) is 303 Å². The molecule has 14 rings (SSSR count). The van der Waals surface area contributed by atoms with Gasteiger partial charge in [-0.25, -0.2) is 0 Å². The Labute approximate surface area is 453 Å². The standard InChI is InChI=1S/C74H50N2S/c1-4-19-51(20-5-1)56-26-16-28-62(48-56)75(61-43-39-55(40-44-61)66-33-18-34-69-70-46-42-54-25-10-11-30-65(54)74(70)77-73(66)69)71-35-14-12-31-67(71)68-32-13-15-36-72(68)76(63-29-17-27-57(49-63)52-21-6-2-7-22-52)64-45-41-59-47-58(37-38-60(59)50-64)53-23-8-3-9-24-53/h1-50H. The van der Waals surface area contributed by atoms with Gasteiger partial charge in [-0.15, -0.1) is 11.3 Å². The number of fused-ring (bicyclic) bond motifs is 6. The molecule has 0 atom stereocenters. The zero-order valence-electron chi connectivity index (χ0n) is 42.2. The number of rotatable bonds is 11. The van der Waals surface area contributed by atoms with Crippen LogP contribution in [0.25, 0.3) is 97.4 Å². The van der Waals surface area contributed by atoms with Gasteiger partial charge in [0, 0.05) is 54.0 Å². The minimum Gasteiger partial charge on any atom is -0.310 e. The van der Waals surface area contributed by atoms with Gasteiger partial charge in [-0.2, -0.15) is 0 Å². The summed E-state index contributed by atoms with van der Waals surface area (Å²) >= 11 is 1.90. The van der Waals surface area contributed by atoms with Crippen molar-refractivity contribution in [1.29, 1.82) is 0 Å². The largest absolute Gasteiger partial charge is 0.310 e. The molecule has 0 N–H and O–H groups in total. The molecule has 2 nitrogen and oxygen atoms in total. The van der Waals surface area contributed by atoms with Crippen LogP contribution in [0, 0.1) is 0 Å². The molecule has 0 aliphatic heterocycles. The van der Waals surface area contributed by atoms with Crippen molar-refractivity contribution >= 4 is 87.2 Å². The molecule has 77 heavy (non-hydrogen) atoms. The van der Waals surface area contributed by atoms with Crippen LogP contribution >= 0.6 is 11.3 Å². The zero-order valence-corrected chi connectivity index (χ0v) is 43.0. The molecule has 0 aliphatic carbocycles. The van der Waals surface area contributed by atoms with E-state index in [1.165, 1.54) is 75.1 Å². The summed E-state index contributed by atoms with van der Waals surface area (Å²) in [6.45, 7) is 0. The van der Waals surface area contributed by atoms with Gasteiger partial charge in [-0.1, -0.05) is 237 Å². The van der Waals surface area contributed by atoms with Gasteiger partial charge in [0.15, 0.2) is 0 Å². The second kappa shape index (κ2) is 19.8. The highest BCUT2D eigenvalue weighted by molar-refractivity contribution is 7.27. The minimum absolute atomic E-state index is 1.07. The first-order valence-corrected chi connectivity index (χ1v) is 27.1. The Morgan fingerprint density at radius 2 is 0.623 bits per heavy atom. The number of hydrogen-bond acceptors (Lipinski definition) is 3. The molecule has 14 aromatic rings. The molecular formula is C74H50N2S. The van der Waals surface area contributed by atoms with E-state index in [0.29, 0.717) is 0 Å². The lowest BCUT2D eigenvalue weighted by atomic mass is 9.97. The molecule has 1 aromatic heterocycles. The zero-order chi connectivity index (χ0) is 51.1. The van der Waals surface area contributed by atoms with Crippen LogP contribution < -0.4 is 9.80 Å². The Bertz CT molecular complexity index is 4450. The highest BCUT2D eigenvalue weighted by Gasteiger charge is 2.24. The fourth-order valence-corrected chi connectivity index (χ4v) is 12.7. The second-order valence-electron chi connectivity index (χ2n) is 19.6. The monoisotopic (exact) mass is 998 g/mol. The third-order valence-electron chi connectivity index (χ3n) is 15.0. The number of para-hydroxylation sites is 2. The maximum Gasteiger partial charge on any atom is 0.0540 e. The summed E-state index contributed by atoms with van der Waals surface area (Å²) in [6, 6.07) is 111. The highest BCUT2D eigenvalue weighted by Crippen LogP contribution is 2.49. The van der Waals surface area contributed by atoms with Gasteiger partial charge in [0.05, 0.1) is 11.4 Å². The van der Waals surface area contributed by atoms with E-state index < -0.39 is 0 Å².